The number of fused-ring (bicyclic) bond motifs is 2. The lowest BCUT2D eigenvalue weighted by Gasteiger charge is -2.16. The van der Waals surface area contributed by atoms with Crippen molar-refractivity contribution in [1.82, 2.24) is 19.9 Å². The van der Waals surface area contributed by atoms with Gasteiger partial charge in [-0.15, -0.1) is 0 Å². The monoisotopic (exact) mass is 478 g/mol. The maximum atomic E-state index is 15.0. The zero-order chi connectivity index (χ0) is 24.4. The fraction of sp³-hybridized carbons (Fsp3) is 0.346. The van der Waals surface area contributed by atoms with Crippen molar-refractivity contribution in [1.29, 1.82) is 0 Å². The lowest BCUT2D eigenvalue weighted by atomic mass is 10.2. The maximum absolute atomic E-state index is 15.0. The second kappa shape index (κ2) is 9.77. The average molecular weight is 479 g/mol. The van der Waals surface area contributed by atoms with Crippen LogP contribution in [0.3, 0.4) is 0 Å². The van der Waals surface area contributed by atoms with E-state index in [1.165, 1.54) is 13.4 Å². The summed E-state index contributed by atoms with van der Waals surface area (Å²) in [5, 5.41) is 1.01. The maximum Gasteiger partial charge on any atom is 0.230 e. The van der Waals surface area contributed by atoms with Gasteiger partial charge in [0.25, 0.3) is 0 Å². The van der Waals surface area contributed by atoms with Crippen LogP contribution in [0.15, 0.2) is 36.7 Å². The third-order valence-corrected chi connectivity index (χ3v) is 6.18. The first-order valence-electron chi connectivity index (χ1n) is 11.7. The number of nitrogens with one attached hydrogen (secondary N) is 1. The van der Waals surface area contributed by atoms with Gasteiger partial charge in [-0.2, -0.15) is 0 Å². The molecular weight excluding hydrogens is 451 g/mol. The van der Waals surface area contributed by atoms with E-state index in [2.05, 4.69) is 15.0 Å². The smallest absolute Gasteiger partial charge is 0.230 e. The number of hydrogen-bond acceptors (Lipinski definition) is 6. The van der Waals surface area contributed by atoms with E-state index in [1.807, 2.05) is 11.8 Å². The number of nitrogens with zero attached hydrogens (tertiary/aromatic N) is 3. The molecule has 0 radical (unpaired) electrons. The summed E-state index contributed by atoms with van der Waals surface area (Å²) in [5.41, 5.74) is 2.13. The molecule has 8 nitrogen and oxygen atoms in total. The highest BCUT2D eigenvalue weighted by atomic mass is 19.1. The molecule has 4 aromatic rings. The minimum absolute atomic E-state index is 0.0680. The molecule has 35 heavy (non-hydrogen) atoms. The lowest BCUT2D eigenvalue weighted by Crippen LogP contribution is -2.27. The molecule has 1 N–H and O–H groups in total. The minimum atomic E-state index is -0.464. The molecule has 2 aromatic carbocycles. The molecular formula is C26H27FN4O4. The van der Waals surface area contributed by atoms with Crippen molar-refractivity contribution < 1.29 is 23.4 Å². The van der Waals surface area contributed by atoms with E-state index < -0.39 is 5.82 Å². The molecule has 0 atom stereocenters. The summed E-state index contributed by atoms with van der Waals surface area (Å²) in [6, 6.07) is 8.53. The average Bonchev–Trinajstić information content (AvgIpc) is 3.53. The Kier molecular flexibility index (Phi) is 6.39. The van der Waals surface area contributed by atoms with Crippen LogP contribution < -0.4 is 14.2 Å². The molecule has 2 aromatic heterocycles. The van der Waals surface area contributed by atoms with Gasteiger partial charge in [0, 0.05) is 42.2 Å². The van der Waals surface area contributed by atoms with Crippen LogP contribution in [0.1, 0.15) is 31.4 Å². The van der Waals surface area contributed by atoms with Crippen LogP contribution in [-0.2, 0) is 4.79 Å². The quantitative estimate of drug-likeness (QED) is 0.353. The fourth-order valence-electron chi connectivity index (χ4n) is 4.40. The van der Waals surface area contributed by atoms with Crippen molar-refractivity contribution in [2.24, 2.45) is 0 Å². The van der Waals surface area contributed by atoms with Crippen molar-refractivity contribution in [3.05, 3.63) is 48.2 Å². The van der Waals surface area contributed by atoms with E-state index in [0.717, 1.165) is 31.6 Å². The molecule has 1 saturated heterocycles. The molecule has 1 aliphatic heterocycles. The number of carbonyl (C=O) groups is 1. The number of aryl methyl sites for hydroxylation is 1. The third-order valence-electron chi connectivity index (χ3n) is 6.18. The van der Waals surface area contributed by atoms with Gasteiger partial charge in [-0.25, -0.2) is 14.4 Å². The highest BCUT2D eigenvalue weighted by Crippen LogP contribution is 2.37. The van der Waals surface area contributed by atoms with Crippen LogP contribution in [0.4, 0.5) is 4.39 Å². The number of carbonyl (C=O) groups excluding carboxylic acids is 1. The number of likely N-dealkylation sites (tertiary alicyclic amines) is 1. The molecule has 0 spiro atoms. The lowest BCUT2D eigenvalue weighted by molar-refractivity contribution is -0.130. The standard InChI is InChI=1S/C26H27FN4O4/c1-16-12-17-19(30-16)7-8-21(25(17)27)35-26-18-13-22(33-2)23(14-20(18)28-15-29-26)34-11-5-6-24(32)31-9-3-4-10-31/h7-8,12-15,30H,3-6,9-11H2,1-2H3. The Hall–Kier alpha value is -3.88. The Morgan fingerprint density at radius 1 is 1.09 bits per heavy atom. The number of hydrogen-bond donors (Lipinski definition) is 1. The number of H-pyrrole nitrogens is 1. The van der Waals surface area contributed by atoms with Crippen LogP contribution in [0.2, 0.25) is 0 Å². The van der Waals surface area contributed by atoms with Gasteiger partial charge in [-0.05, 0) is 50.5 Å². The second-order valence-electron chi connectivity index (χ2n) is 8.63. The molecule has 0 bridgehead atoms. The van der Waals surface area contributed by atoms with Crippen LogP contribution in [-0.4, -0.2) is 52.6 Å². The summed E-state index contributed by atoms with van der Waals surface area (Å²) < 4.78 is 32.3. The molecule has 5 rings (SSSR count). The van der Waals surface area contributed by atoms with Gasteiger partial charge in [-0.3, -0.25) is 4.79 Å². The van der Waals surface area contributed by atoms with Crippen molar-refractivity contribution in [2.45, 2.75) is 32.6 Å². The van der Waals surface area contributed by atoms with Gasteiger partial charge in [0.15, 0.2) is 23.1 Å². The molecule has 0 saturated carbocycles. The first-order chi connectivity index (χ1) is 17.0. The van der Waals surface area contributed by atoms with E-state index in [0.29, 0.717) is 52.8 Å². The minimum Gasteiger partial charge on any atom is -0.493 e. The van der Waals surface area contributed by atoms with Crippen molar-refractivity contribution in [2.75, 3.05) is 26.8 Å². The van der Waals surface area contributed by atoms with Crippen molar-refractivity contribution in [3.8, 4) is 23.1 Å². The van der Waals surface area contributed by atoms with E-state index in [4.69, 9.17) is 14.2 Å². The summed E-state index contributed by atoms with van der Waals surface area (Å²) in [6.45, 7) is 3.95. The molecule has 3 heterocycles. The third kappa shape index (κ3) is 4.71. The SMILES string of the molecule is COc1cc2c(Oc3ccc4[nH]c(C)cc4c3F)ncnc2cc1OCCCC(=O)N1CCCC1. The Balaban J connectivity index is 1.34. The highest BCUT2D eigenvalue weighted by molar-refractivity contribution is 5.87. The number of ether oxygens (including phenoxy) is 3. The van der Waals surface area contributed by atoms with Crippen LogP contribution >= 0.6 is 0 Å². The van der Waals surface area contributed by atoms with E-state index in [9.17, 15) is 4.79 Å². The van der Waals surface area contributed by atoms with Gasteiger partial charge in [-0.1, -0.05) is 0 Å². The Morgan fingerprint density at radius 2 is 1.91 bits per heavy atom. The molecule has 1 amide bonds. The summed E-state index contributed by atoms with van der Waals surface area (Å²) in [5.74, 6) is 0.967. The molecule has 0 unspecified atom stereocenters. The van der Waals surface area contributed by atoms with Crippen LogP contribution in [0.25, 0.3) is 21.8 Å². The van der Waals surface area contributed by atoms with E-state index >= 15 is 4.39 Å². The first kappa shape index (κ1) is 22.9. The summed E-state index contributed by atoms with van der Waals surface area (Å²) in [4.78, 5) is 25.8. The number of aromatic amines is 1. The van der Waals surface area contributed by atoms with Gasteiger partial charge in [0.05, 0.1) is 24.6 Å². The van der Waals surface area contributed by atoms with E-state index in [-0.39, 0.29) is 17.5 Å². The Morgan fingerprint density at radius 3 is 2.71 bits per heavy atom. The number of amides is 1. The largest absolute Gasteiger partial charge is 0.493 e. The Labute approximate surface area is 202 Å². The van der Waals surface area contributed by atoms with Crippen LogP contribution in [0.5, 0.6) is 23.1 Å². The first-order valence-corrected chi connectivity index (χ1v) is 11.7. The van der Waals surface area contributed by atoms with Crippen LogP contribution in [0, 0.1) is 12.7 Å². The molecule has 1 aliphatic rings. The predicted molar refractivity (Wildman–Crippen MR) is 130 cm³/mol. The van der Waals surface area contributed by atoms with Crippen molar-refractivity contribution in [3.63, 3.8) is 0 Å². The van der Waals surface area contributed by atoms with Gasteiger partial charge >= 0.3 is 0 Å². The molecule has 9 heteroatoms. The van der Waals surface area contributed by atoms with Gasteiger partial charge in [0.1, 0.15) is 6.33 Å². The zero-order valence-electron chi connectivity index (χ0n) is 19.8. The molecule has 182 valence electrons. The normalized spacial score (nSPS) is 13.5. The molecule has 1 fully saturated rings. The molecule has 0 aliphatic carbocycles. The zero-order valence-corrected chi connectivity index (χ0v) is 19.8. The van der Waals surface area contributed by atoms with Gasteiger partial charge in [0.2, 0.25) is 11.8 Å². The van der Waals surface area contributed by atoms with Crippen molar-refractivity contribution >= 4 is 27.7 Å². The van der Waals surface area contributed by atoms with E-state index in [1.54, 1.807) is 30.3 Å². The summed E-state index contributed by atoms with van der Waals surface area (Å²) in [7, 11) is 1.54. The number of methoxy groups -OCH3 is 1. The number of rotatable bonds is 8. The summed E-state index contributed by atoms with van der Waals surface area (Å²) >= 11 is 0. The topological polar surface area (TPSA) is 89.6 Å². The van der Waals surface area contributed by atoms with Gasteiger partial charge < -0.3 is 24.1 Å². The number of aromatic nitrogens is 3. The number of halogens is 1. The second-order valence-corrected chi connectivity index (χ2v) is 8.63. The highest BCUT2D eigenvalue weighted by Gasteiger charge is 2.18. The summed E-state index contributed by atoms with van der Waals surface area (Å²) in [6.07, 6.45) is 4.58. The fourth-order valence-corrected chi connectivity index (χ4v) is 4.40. The predicted octanol–water partition coefficient (Wildman–Crippen LogP) is 5.14. The Bertz CT molecular complexity index is 1380. The number of benzene rings is 2.